The van der Waals surface area contributed by atoms with E-state index in [9.17, 15) is 14.4 Å². The summed E-state index contributed by atoms with van der Waals surface area (Å²) in [5, 5.41) is 6.73. The van der Waals surface area contributed by atoms with Crippen LogP contribution in [0, 0.1) is 0 Å². The average Bonchev–Trinajstić information content (AvgIpc) is 2.67. The Morgan fingerprint density at radius 2 is 1.81 bits per heavy atom. The van der Waals surface area contributed by atoms with Gasteiger partial charge in [0.15, 0.2) is 6.61 Å². The van der Waals surface area contributed by atoms with Crippen molar-refractivity contribution in [2.24, 2.45) is 5.10 Å². The molecule has 8 nitrogen and oxygen atoms in total. The van der Waals surface area contributed by atoms with Crippen LogP contribution in [-0.2, 0) is 19.1 Å². The van der Waals surface area contributed by atoms with Crippen molar-refractivity contribution >= 4 is 24.0 Å². The largest absolute Gasteiger partial charge is 0.482 e. The lowest BCUT2D eigenvalue weighted by molar-refractivity contribution is -0.143. The highest BCUT2D eigenvalue weighted by atomic mass is 16.6. The van der Waals surface area contributed by atoms with Gasteiger partial charge in [0.25, 0.3) is 0 Å². The van der Waals surface area contributed by atoms with Gasteiger partial charge in [-0.05, 0) is 42.7 Å². The Bertz CT molecular complexity index is 666. The Labute approximate surface area is 158 Å². The number of benzene rings is 1. The number of rotatable bonds is 8. The van der Waals surface area contributed by atoms with E-state index in [1.807, 2.05) is 0 Å². The lowest BCUT2D eigenvalue weighted by Gasteiger charge is -2.22. The zero-order valence-corrected chi connectivity index (χ0v) is 15.4. The highest BCUT2D eigenvalue weighted by molar-refractivity contribution is 5.97. The average molecular weight is 375 g/mol. The number of nitrogens with one attached hydrogen (secondary N) is 2. The zero-order valence-electron chi connectivity index (χ0n) is 15.4. The molecule has 2 N–H and O–H groups in total. The van der Waals surface area contributed by atoms with Gasteiger partial charge in [0, 0.05) is 6.04 Å². The van der Waals surface area contributed by atoms with Crippen molar-refractivity contribution in [3.8, 4) is 5.75 Å². The van der Waals surface area contributed by atoms with Crippen LogP contribution in [0.25, 0.3) is 0 Å². The molecule has 2 amide bonds. The first kappa shape index (κ1) is 20.4. The highest BCUT2D eigenvalue weighted by Crippen LogP contribution is 2.17. The lowest BCUT2D eigenvalue weighted by atomic mass is 9.95. The first-order valence-electron chi connectivity index (χ1n) is 8.98. The van der Waals surface area contributed by atoms with Crippen LogP contribution in [0.2, 0.25) is 0 Å². The second-order valence-electron chi connectivity index (χ2n) is 6.31. The number of ether oxygens (including phenoxy) is 2. The minimum atomic E-state index is -0.462. The van der Waals surface area contributed by atoms with Gasteiger partial charge in [-0.2, -0.15) is 5.10 Å². The standard InChI is InChI=1S/C19H25N3O5/c1-26-19(25)13-27-16-9-7-14(8-10-16)12-20-22-18(24)11-17(23)21-15-5-3-2-4-6-15/h7-10,12,15H,2-6,11,13H2,1H3,(H,21,23)(H,22,24)/b20-12+. The van der Waals surface area contributed by atoms with Crippen molar-refractivity contribution in [3.63, 3.8) is 0 Å². The quantitative estimate of drug-likeness (QED) is 0.310. The number of esters is 1. The van der Waals surface area contributed by atoms with Crippen molar-refractivity contribution in [3.05, 3.63) is 29.8 Å². The van der Waals surface area contributed by atoms with Crippen LogP contribution in [0.1, 0.15) is 44.1 Å². The van der Waals surface area contributed by atoms with E-state index in [1.165, 1.54) is 19.7 Å². The van der Waals surface area contributed by atoms with Gasteiger partial charge in [-0.25, -0.2) is 10.2 Å². The fourth-order valence-corrected chi connectivity index (χ4v) is 2.74. The lowest BCUT2D eigenvalue weighted by Crippen LogP contribution is -2.38. The molecule has 1 aromatic rings. The molecule has 0 radical (unpaired) electrons. The molecule has 8 heteroatoms. The summed E-state index contributed by atoms with van der Waals surface area (Å²) in [6.45, 7) is -0.164. The molecule has 0 aromatic heterocycles. The molecular weight excluding hydrogens is 350 g/mol. The summed E-state index contributed by atoms with van der Waals surface area (Å²) in [5.41, 5.74) is 3.07. The van der Waals surface area contributed by atoms with E-state index >= 15 is 0 Å². The molecule has 146 valence electrons. The molecular formula is C19H25N3O5. The van der Waals surface area contributed by atoms with Crippen LogP contribution in [-0.4, -0.2) is 43.8 Å². The van der Waals surface area contributed by atoms with Gasteiger partial charge in [0.1, 0.15) is 12.2 Å². The molecule has 27 heavy (non-hydrogen) atoms. The van der Waals surface area contributed by atoms with Crippen LogP contribution in [0.15, 0.2) is 29.4 Å². The van der Waals surface area contributed by atoms with E-state index in [1.54, 1.807) is 24.3 Å². The van der Waals surface area contributed by atoms with Gasteiger partial charge >= 0.3 is 5.97 Å². The van der Waals surface area contributed by atoms with Gasteiger partial charge in [0.2, 0.25) is 11.8 Å². The van der Waals surface area contributed by atoms with Crippen molar-refractivity contribution in [1.82, 2.24) is 10.7 Å². The minimum Gasteiger partial charge on any atom is -0.482 e. The molecule has 1 fully saturated rings. The highest BCUT2D eigenvalue weighted by Gasteiger charge is 2.17. The summed E-state index contributed by atoms with van der Waals surface area (Å²) in [6, 6.07) is 6.96. The van der Waals surface area contributed by atoms with E-state index in [0.29, 0.717) is 5.75 Å². The molecule has 0 bridgehead atoms. The number of methoxy groups -OCH3 is 1. The first-order chi connectivity index (χ1) is 13.1. The van der Waals surface area contributed by atoms with E-state index in [4.69, 9.17) is 4.74 Å². The normalized spacial score (nSPS) is 14.6. The maximum absolute atomic E-state index is 11.9. The monoisotopic (exact) mass is 375 g/mol. The van der Waals surface area contributed by atoms with Crippen LogP contribution < -0.4 is 15.5 Å². The number of hydrogen-bond donors (Lipinski definition) is 2. The summed E-state index contributed by atoms with van der Waals surface area (Å²) < 4.78 is 9.72. The second-order valence-corrected chi connectivity index (χ2v) is 6.31. The number of amides is 2. The number of nitrogens with zero attached hydrogens (tertiary/aromatic N) is 1. The van der Waals surface area contributed by atoms with Gasteiger partial charge in [0.05, 0.1) is 13.3 Å². The fourth-order valence-electron chi connectivity index (χ4n) is 2.74. The van der Waals surface area contributed by atoms with Crippen molar-refractivity contribution in [2.45, 2.75) is 44.6 Å². The van der Waals surface area contributed by atoms with Gasteiger partial charge in [-0.15, -0.1) is 0 Å². The molecule has 0 unspecified atom stereocenters. The summed E-state index contributed by atoms with van der Waals surface area (Å²) in [4.78, 5) is 34.6. The van der Waals surface area contributed by atoms with Crippen molar-refractivity contribution in [2.75, 3.05) is 13.7 Å². The molecule has 1 aromatic carbocycles. The fraction of sp³-hybridized carbons (Fsp3) is 0.474. The topological polar surface area (TPSA) is 106 Å². The molecule has 0 atom stereocenters. The van der Waals surface area contributed by atoms with Crippen LogP contribution in [0.5, 0.6) is 5.75 Å². The predicted octanol–water partition coefficient (Wildman–Crippen LogP) is 1.53. The summed E-state index contributed by atoms with van der Waals surface area (Å²) in [6.07, 6.45) is 6.62. The Hall–Kier alpha value is -2.90. The SMILES string of the molecule is COC(=O)COc1ccc(/C=N/NC(=O)CC(=O)NC2CCCCC2)cc1. The molecule has 1 aliphatic carbocycles. The van der Waals surface area contributed by atoms with E-state index in [2.05, 4.69) is 20.6 Å². The third kappa shape index (κ3) is 7.89. The Balaban J connectivity index is 1.70. The summed E-state index contributed by atoms with van der Waals surface area (Å²) >= 11 is 0. The summed E-state index contributed by atoms with van der Waals surface area (Å²) in [7, 11) is 1.29. The molecule has 0 aliphatic heterocycles. The Kier molecular flexibility index (Phi) is 8.28. The third-order valence-electron chi connectivity index (χ3n) is 4.16. The van der Waals surface area contributed by atoms with E-state index in [0.717, 1.165) is 31.2 Å². The van der Waals surface area contributed by atoms with Crippen LogP contribution in [0.4, 0.5) is 0 Å². The number of hydrogen-bond acceptors (Lipinski definition) is 6. The molecule has 0 saturated heterocycles. The number of carbonyl (C=O) groups excluding carboxylic acids is 3. The van der Waals surface area contributed by atoms with Gasteiger partial charge in [-0.3, -0.25) is 9.59 Å². The first-order valence-corrected chi connectivity index (χ1v) is 8.98. The Morgan fingerprint density at radius 1 is 1.11 bits per heavy atom. The van der Waals surface area contributed by atoms with Gasteiger partial charge in [-0.1, -0.05) is 19.3 Å². The maximum atomic E-state index is 11.9. The number of carbonyl (C=O) groups is 3. The van der Waals surface area contributed by atoms with Crippen LogP contribution in [0.3, 0.4) is 0 Å². The third-order valence-corrected chi connectivity index (χ3v) is 4.16. The molecule has 0 heterocycles. The molecule has 1 aliphatic rings. The minimum absolute atomic E-state index is 0.164. The second kappa shape index (κ2) is 10.9. The van der Waals surface area contributed by atoms with Crippen molar-refractivity contribution < 1.29 is 23.9 Å². The van der Waals surface area contributed by atoms with E-state index < -0.39 is 11.9 Å². The van der Waals surface area contributed by atoms with Crippen molar-refractivity contribution in [1.29, 1.82) is 0 Å². The molecule has 2 rings (SSSR count). The predicted molar refractivity (Wildman–Crippen MR) is 99.3 cm³/mol. The maximum Gasteiger partial charge on any atom is 0.343 e. The molecule has 1 saturated carbocycles. The van der Waals surface area contributed by atoms with Crippen LogP contribution >= 0.6 is 0 Å². The van der Waals surface area contributed by atoms with Gasteiger partial charge < -0.3 is 14.8 Å². The van der Waals surface area contributed by atoms with E-state index in [-0.39, 0.29) is 25.0 Å². The zero-order chi connectivity index (χ0) is 19.5. The summed E-state index contributed by atoms with van der Waals surface area (Å²) in [5.74, 6) is -0.684. The Morgan fingerprint density at radius 3 is 2.48 bits per heavy atom. The smallest absolute Gasteiger partial charge is 0.343 e. The molecule has 0 spiro atoms. The number of hydrazone groups is 1.